The van der Waals surface area contributed by atoms with Crippen LogP contribution in [0.1, 0.15) is 400 Å². The molecule has 1 atom stereocenters. The number of unbranched alkanes of at least 4 members (excludes halogenated alkanes) is 49. The molecule has 6 nitrogen and oxygen atoms in total. The molecule has 0 aromatic rings. The van der Waals surface area contributed by atoms with Crippen molar-refractivity contribution in [2.45, 2.75) is 406 Å². The van der Waals surface area contributed by atoms with E-state index in [2.05, 4.69) is 69.4 Å². The quantitative estimate of drug-likeness (QED) is 0.0261. The minimum absolute atomic E-state index is 0.0735. The van der Waals surface area contributed by atoms with Crippen LogP contribution in [0.3, 0.4) is 0 Å². The van der Waals surface area contributed by atoms with Crippen molar-refractivity contribution in [2.75, 3.05) is 13.2 Å². The summed E-state index contributed by atoms with van der Waals surface area (Å²) in [6.45, 7) is 6.66. The second kappa shape index (κ2) is 70.9. The second-order valence-electron chi connectivity index (χ2n) is 24.8. The largest absolute Gasteiger partial charge is 0.462 e. The lowest BCUT2D eigenvalue weighted by Gasteiger charge is -2.18. The minimum Gasteiger partial charge on any atom is -0.462 e. The number of hydrogen-bond donors (Lipinski definition) is 0. The Morgan fingerprint density at radius 2 is 0.439 bits per heavy atom. The smallest absolute Gasteiger partial charge is 0.306 e. The van der Waals surface area contributed by atoms with Crippen LogP contribution in [0.2, 0.25) is 0 Å². The number of carbonyl (C=O) groups excluding carboxylic acids is 3. The van der Waals surface area contributed by atoms with Gasteiger partial charge in [0, 0.05) is 19.3 Å². The first-order chi connectivity index (χ1) is 40.5. The lowest BCUT2D eigenvalue weighted by atomic mass is 10.0. The van der Waals surface area contributed by atoms with E-state index in [0.29, 0.717) is 19.3 Å². The molecule has 0 fully saturated rings. The maximum absolute atomic E-state index is 12.9. The molecule has 82 heavy (non-hydrogen) atoms. The van der Waals surface area contributed by atoms with E-state index in [1.807, 2.05) is 0 Å². The summed E-state index contributed by atoms with van der Waals surface area (Å²) in [5.41, 5.74) is 0. The number of allylic oxidation sites excluding steroid dienone is 8. The fraction of sp³-hybridized carbons (Fsp3) is 0.855. The predicted octanol–water partition coefficient (Wildman–Crippen LogP) is 25.3. The molecule has 0 radical (unpaired) electrons. The lowest BCUT2D eigenvalue weighted by Crippen LogP contribution is -2.30. The second-order valence-corrected chi connectivity index (χ2v) is 24.8. The number of esters is 3. The van der Waals surface area contributed by atoms with E-state index in [1.54, 1.807) is 0 Å². The maximum atomic E-state index is 12.9. The van der Waals surface area contributed by atoms with Crippen LogP contribution >= 0.6 is 0 Å². The Bertz CT molecular complexity index is 1410. The molecular formula is C76H140O6. The molecule has 0 saturated carbocycles. The van der Waals surface area contributed by atoms with Crippen molar-refractivity contribution >= 4 is 17.9 Å². The standard InChI is InChI=1S/C76H140O6/c1-4-7-10-13-16-19-22-25-27-29-31-33-34-35-36-37-38-39-40-41-42-44-45-47-49-51-54-57-60-63-66-69-75(78)81-72-73(71-80-74(77)68-65-62-59-56-53-24-21-18-15-12-9-6-3)82-76(79)70-67-64-61-58-55-52-50-48-46-43-32-30-28-26-23-20-17-14-11-8-5-2/h18,21,23,26,29-32,73H,4-17,19-20,22,24-25,27-28,33-72H2,1-3H3/b21-18-,26-23-,31-29-,32-30-. The molecule has 0 heterocycles. The van der Waals surface area contributed by atoms with Gasteiger partial charge in [-0.3, -0.25) is 14.4 Å². The summed E-state index contributed by atoms with van der Waals surface area (Å²) < 4.78 is 17.0. The molecule has 0 aliphatic heterocycles. The topological polar surface area (TPSA) is 78.9 Å². The van der Waals surface area contributed by atoms with Gasteiger partial charge in [-0.1, -0.05) is 326 Å². The van der Waals surface area contributed by atoms with Gasteiger partial charge >= 0.3 is 17.9 Å². The van der Waals surface area contributed by atoms with Crippen LogP contribution in [0.25, 0.3) is 0 Å². The van der Waals surface area contributed by atoms with Gasteiger partial charge in [-0.15, -0.1) is 0 Å². The van der Waals surface area contributed by atoms with Crippen LogP contribution < -0.4 is 0 Å². The van der Waals surface area contributed by atoms with Crippen LogP contribution in [-0.2, 0) is 28.6 Å². The molecular weight excluding hydrogens is 1010 g/mol. The first kappa shape index (κ1) is 79.4. The molecule has 0 amide bonds. The van der Waals surface area contributed by atoms with Crippen LogP contribution in [0.15, 0.2) is 48.6 Å². The molecule has 480 valence electrons. The van der Waals surface area contributed by atoms with E-state index in [9.17, 15) is 14.4 Å². The van der Waals surface area contributed by atoms with Crippen molar-refractivity contribution in [2.24, 2.45) is 0 Å². The van der Waals surface area contributed by atoms with Crippen LogP contribution in [-0.4, -0.2) is 37.2 Å². The first-order valence-electron chi connectivity index (χ1n) is 36.6. The Hall–Kier alpha value is -2.63. The van der Waals surface area contributed by atoms with Gasteiger partial charge in [-0.05, 0) is 103 Å². The third-order valence-electron chi connectivity index (χ3n) is 16.5. The Kier molecular flexibility index (Phi) is 68.6. The summed E-state index contributed by atoms with van der Waals surface area (Å²) in [5, 5.41) is 0. The molecule has 0 aliphatic carbocycles. The van der Waals surface area contributed by atoms with E-state index >= 15 is 0 Å². The fourth-order valence-corrected chi connectivity index (χ4v) is 11.0. The van der Waals surface area contributed by atoms with Crippen molar-refractivity contribution in [1.29, 1.82) is 0 Å². The van der Waals surface area contributed by atoms with Gasteiger partial charge in [-0.25, -0.2) is 0 Å². The van der Waals surface area contributed by atoms with Crippen molar-refractivity contribution < 1.29 is 28.6 Å². The molecule has 0 bridgehead atoms. The molecule has 0 aromatic heterocycles. The van der Waals surface area contributed by atoms with Gasteiger partial charge < -0.3 is 14.2 Å². The molecule has 0 N–H and O–H groups in total. The molecule has 0 saturated heterocycles. The summed E-state index contributed by atoms with van der Waals surface area (Å²) in [5.74, 6) is -0.862. The van der Waals surface area contributed by atoms with E-state index in [4.69, 9.17) is 14.2 Å². The molecule has 6 heteroatoms. The minimum atomic E-state index is -0.778. The molecule has 0 aromatic carbocycles. The number of carbonyl (C=O) groups is 3. The van der Waals surface area contributed by atoms with E-state index in [-0.39, 0.29) is 31.1 Å². The Labute approximate surface area is 511 Å². The number of ether oxygens (including phenoxy) is 3. The van der Waals surface area contributed by atoms with Gasteiger partial charge in [0.25, 0.3) is 0 Å². The van der Waals surface area contributed by atoms with Crippen molar-refractivity contribution in [3.05, 3.63) is 48.6 Å². The summed E-state index contributed by atoms with van der Waals surface area (Å²) in [6.07, 6.45) is 90.2. The van der Waals surface area contributed by atoms with E-state index < -0.39 is 6.10 Å². The average Bonchev–Trinajstić information content (AvgIpc) is 3.47. The van der Waals surface area contributed by atoms with Crippen molar-refractivity contribution in [1.82, 2.24) is 0 Å². The number of hydrogen-bond acceptors (Lipinski definition) is 6. The van der Waals surface area contributed by atoms with E-state index in [0.717, 1.165) is 70.6 Å². The zero-order valence-electron chi connectivity index (χ0n) is 55.3. The third kappa shape index (κ3) is 68.2. The summed E-state index contributed by atoms with van der Waals surface area (Å²) in [6, 6.07) is 0. The molecule has 1 unspecified atom stereocenters. The lowest BCUT2D eigenvalue weighted by molar-refractivity contribution is -0.167. The zero-order chi connectivity index (χ0) is 59.2. The third-order valence-corrected chi connectivity index (χ3v) is 16.5. The normalized spacial score (nSPS) is 12.3. The first-order valence-corrected chi connectivity index (χ1v) is 36.6. The maximum Gasteiger partial charge on any atom is 0.306 e. The molecule has 0 aliphatic rings. The van der Waals surface area contributed by atoms with Crippen LogP contribution in [0.5, 0.6) is 0 Å². The van der Waals surface area contributed by atoms with Crippen molar-refractivity contribution in [3.63, 3.8) is 0 Å². The van der Waals surface area contributed by atoms with Gasteiger partial charge in [0.05, 0.1) is 0 Å². The van der Waals surface area contributed by atoms with Crippen molar-refractivity contribution in [3.8, 4) is 0 Å². The van der Waals surface area contributed by atoms with Crippen LogP contribution in [0, 0.1) is 0 Å². The van der Waals surface area contributed by atoms with Gasteiger partial charge in [0.2, 0.25) is 0 Å². The highest BCUT2D eigenvalue weighted by Gasteiger charge is 2.19. The zero-order valence-corrected chi connectivity index (χ0v) is 55.3. The van der Waals surface area contributed by atoms with Crippen LogP contribution in [0.4, 0.5) is 0 Å². The monoisotopic (exact) mass is 1150 g/mol. The molecule has 0 rings (SSSR count). The van der Waals surface area contributed by atoms with Gasteiger partial charge in [0.1, 0.15) is 13.2 Å². The average molecular weight is 1150 g/mol. The highest BCUT2D eigenvalue weighted by Crippen LogP contribution is 2.18. The predicted molar refractivity (Wildman–Crippen MR) is 358 cm³/mol. The fourth-order valence-electron chi connectivity index (χ4n) is 11.0. The summed E-state index contributed by atoms with van der Waals surface area (Å²) in [4.78, 5) is 38.4. The number of rotatable bonds is 68. The van der Waals surface area contributed by atoms with Gasteiger partial charge in [-0.2, -0.15) is 0 Å². The Morgan fingerprint density at radius 3 is 0.707 bits per heavy atom. The van der Waals surface area contributed by atoms with Gasteiger partial charge in [0.15, 0.2) is 6.10 Å². The SMILES string of the molecule is CCCCC/C=C\CCCCCCCC(=O)OCC(COC(=O)CCCCCCCCCCCCCCCCCCCCC/C=C\CCCCCCCCCC)OC(=O)CCCCCCCCCCC/C=C\C/C=C\CCCCCCC. The highest BCUT2D eigenvalue weighted by atomic mass is 16.6. The summed E-state index contributed by atoms with van der Waals surface area (Å²) >= 11 is 0. The molecule has 0 spiro atoms. The highest BCUT2D eigenvalue weighted by molar-refractivity contribution is 5.71. The Morgan fingerprint density at radius 1 is 0.244 bits per heavy atom. The summed E-state index contributed by atoms with van der Waals surface area (Å²) in [7, 11) is 0. The Balaban J connectivity index is 4.15. The van der Waals surface area contributed by atoms with E-state index in [1.165, 1.54) is 289 Å².